The van der Waals surface area contributed by atoms with Gasteiger partial charge in [0.25, 0.3) is 15.9 Å². The average molecular weight is 601 g/mol. The van der Waals surface area contributed by atoms with Gasteiger partial charge in [0.15, 0.2) is 0 Å². The topological polar surface area (TPSA) is 128 Å². The summed E-state index contributed by atoms with van der Waals surface area (Å²) in [5, 5.41) is 13.3. The van der Waals surface area contributed by atoms with Crippen LogP contribution in [0.3, 0.4) is 0 Å². The zero-order valence-electron chi connectivity index (χ0n) is 18.5. The van der Waals surface area contributed by atoms with Crippen LogP contribution in [0.4, 0.5) is 24.5 Å². The van der Waals surface area contributed by atoms with Gasteiger partial charge in [-0.2, -0.15) is 13.2 Å². The highest BCUT2D eigenvalue weighted by Crippen LogP contribution is 2.30. The lowest BCUT2D eigenvalue weighted by Crippen LogP contribution is -2.44. The third kappa shape index (κ3) is 8.66. The van der Waals surface area contributed by atoms with E-state index in [1.165, 1.54) is 0 Å². The monoisotopic (exact) mass is 600 g/mol. The molecule has 9 nitrogen and oxygen atoms in total. The molecule has 194 valence electrons. The van der Waals surface area contributed by atoms with Crippen LogP contribution in [0.5, 0.6) is 0 Å². The molecular weight excluding hydrogens is 577 g/mol. The lowest BCUT2D eigenvalue weighted by Gasteiger charge is -2.31. The lowest BCUT2D eigenvalue weighted by atomic mass is 10.1. The Kier molecular flexibility index (Phi) is 10.4. The quantitative estimate of drug-likeness (QED) is 0.383. The van der Waals surface area contributed by atoms with Crippen molar-refractivity contribution in [3.8, 4) is 0 Å². The predicted molar refractivity (Wildman–Crippen MR) is 131 cm³/mol. The first kappa shape index (κ1) is 28.9. The number of halogens is 4. The Hall–Kier alpha value is -2.36. The third-order valence-electron chi connectivity index (χ3n) is 4.54. The number of rotatable bonds is 7. The second kappa shape index (κ2) is 12.6. The van der Waals surface area contributed by atoms with Gasteiger partial charge in [0, 0.05) is 44.1 Å². The van der Waals surface area contributed by atoms with Crippen molar-refractivity contribution in [2.75, 3.05) is 42.3 Å². The van der Waals surface area contributed by atoms with Crippen molar-refractivity contribution in [2.45, 2.75) is 23.7 Å². The Morgan fingerprint density at radius 2 is 1.83 bits per heavy atom. The average Bonchev–Trinajstić information content (AvgIpc) is 3.25. The van der Waals surface area contributed by atoms with E-state index in [1.807, 2.05) is 13.0 Å². The molecule has 2 aromatic rings. The van der Waals surface area contributed by atoms with Crippen LogP contribution in [0, 0.1) is 0 Å². The molecule has 2 heterocycles. The van der Waals surface area contributed by atoms with Crippen molar-refractivity contribution in [2.24, 2.45) is 0 Å². The Bertz CT molecular complexity index is 1140. The first-order chi connectivity index (χ1) is 16.3. The summed E-state index contributed by atoms with van der Waals surface area (Å²) in [7, 11) is -3.71. The summed E-state index contributed by atoms with van der Waals surface area (Å²) in [6.45, 7) is 5.83. The van der Waals surface area contributed by atoms with Gasteiger partial charge in [0.05, 0.1) is 9.35 Å². The molecule has 0 bridgehead atoms. The molecule has 3 rings (SSSR count). The summed E-state index contributed by atoms with van der Waals surface area (Å²) in [5.41, 5.74) is 1.66. The first-order valence-corrected chi connectivity index (χ1v) is 13.4. The first-order valence-electron chi connectivity index (χ1n) is 10.3. The fraction of sp³-hybridized carbons (Fsp3) is 0.400. The normalized spacial score (nSPS) is 14.0. The van der Waals surface area contributed by atoms with Gasteiger partial charge in [-0.1, -0.05) is 6.92 Å². The van der Waals surface area contributed by atoms with Crippen LogP contribution in [0.25, 0.3) is 0 Å². The number of carbonyl (C=O) groups is 2. The Balaban J connectivity index is 0.000000540. The molecule has 15 heteroatoms. The van der Waals surface area contributed by atoms with E-state index in [0.717, 1.165) is 53.4 Å². The lowest BCUT2D eigenvalue weighted by molar-refractivity contribution is -0.192. The number of benzene rings is 1. The van der Waals surface area contributed by atoms with Crippen molar-refractivity contribution in [1.82, 2.24) is 10.6 Å². The van der Waals surface area contributed by atoms with Crippen LogP contribution >= 0.6 is 27.3 Å². The van der Waals surface area contributed by atoms with Crippen LogP contribution in [-0.4, -0.2) is 64.3 Å². The van der Waals surface area contributed by atoms with E-state index in [9.17, 15) is 26.4 Å². The van der Waals surface area contributed by atoms with Gasteiger partial charge in [0.2, 0.25) is 0 Å². The molecular formula is C20H24BrF3N4O5S2. The molecule has 0 spiro atoms. The van der Waals surface area contributed by atoms with Gasteiger partial charge in [-0.3, -0.25) is 9.52 Å². The molecule has 1 fully saturated rings. The number of nitrogens with zero attached hydrogens (tertiary/aromatic N) is 1. The number of carboxylic acid groups (broad SMARTS) is 1. The van der Waals surface area contributed by atoms with Crippen molar-refractivity contribution in [1.29, 1.82) is 0 Å². The molecule has 1 aliphatic heterocycles. The fourth-order valence-electron chi connectivity index (χ4n) is 2.94. The minimum atomic E-state index is -5.08. The number of carboxylic acids is 1. The number of carbonyl (C=O) groups excluding carboxylic acids is 1. The summed E-state index contributed by atoms with van der Waals surface area (Å²) in [4.78, 5) is 23.8. The van der Waals surface area contributed by atoms with E-state index >= 15 is 0 Å². The van der Waals surface area contributed by atoms with Gasteiger partial charge in [0.1, 0.15) is 4.21 Å². The smallest absolute Gasteiger partial charge is 0.475 e. The second-order valence-corrected chi connectivity index (χ2v) is 11.6. The summed E-state index contributed by atoms with van der Waals surface area (Å²) in [6, 6.07) is 8.36. The molecule has 0 saturated carbocycles. The van der Waals surface area contributed by atoms with Crippen LogP contribution in [-0.2, 0) is 14.8 Å². The van der Waals surface area contributed by atoms with Crippen molar-refractivity contribution in [3.63, 3.8) is 0 Å². The minimum Gasteiger partial charge on any atom is -0.475 e. The highest BCUT2D eigenvalue weighted by atomic mass is 79.9. The number of sulfonamides is 1. The van der Waals surface area contributed by atoms with Crippen molar-refractivity contribution < 1.29 is 36.3 Å². The third-order valence-corrected chi connectivity index (χ3v) is 8.04. The Morgan fingerprint density at radius 3 is 2.34 bits per heavy atom. The van der Waals surface area contributed by atoms with Gasteiger partial charge >= 0.3 is 12.1 Å². The molecule has 0 unspecified atom stereocenters. The molecule has 35 heavy (non-hydrogen) atoms. The summed E-state index contributed by atoms with van der Waals surface area (Å²) in [6.07, 6.45) is -4.26. The molecule has 0 atom stereocenters. The molecule has 0 radical (unpaired) electrons. The maximum Gasteiger partial charge on any atom is 0.490 e. The summed E-state index contributed by atoms with van der Waals surface area (Å²) >= 11 is 4.41. The maximum absolute atomic E-state index is 12.7. The van der Waals surface area contributed by atoms with Crippen molar-refractivity contribution in [3.05, 3.63) is 39.7 Å². The molecule has 1 saturated heterocycles. The molecule has 1 aromatic carbocycles. The number of alkyl halides is 3. The van der Waals surface area contributed by atoms with Crippen LogP contribution in [0.1, 0.15) is 23.7 Å². The number of hydrogen-bond donors (Lipinski definition) is 4. The molecule has 1 amide bonds. The Labute approximate surface area is 212 Å². The predicted octanol–water partition coefficient (Wildman–Crippen LogP) is 3.49. The fourth-order valence-corrected chi connectivity index (χ4v) is 6.00. The van der Waals surface area contributed by atoms with E-state index in [-0.39, 0.29) is 10.1 Å². The molecule has 1 aromatic heterocycles. The number of piperazine rings is 1. The van der Waals surface area contributed by atoms with E-state index in [2.05, 4.69) is 36.2 Å². The molecule has 1 aliphatic rings. The number of nitrogens with one attached hydrogen (secondary N) is 3. The zero-order chi connectivity index (χ0) is 26.2. The van der Waals surface area contributed by atoms with E-state index in [4.69, 9.17) is 9.90 Å². The number of anilines is 2. The SMILES string of the molecule is CCCNC(=O)c1cc(NS(=O)(=O)c2ccc(Br)s2)ccc1N1CCNCC1.O=C(O)C(F)(F)F. The van der Waals surface area contributed by atoms with Gasteiger partial charge in [-0.25, -0.2) is 13.2 Å². The zero-order valence-corrected chi connectivity index (χ0v) is 21.7. The molecule has 0 aliphatic carbocycles. The van der Waals surface area contributed by atoms with E-state index < -0.39 is 22.2 Å². The molecule has 4 N–H and O–H groups in total. The van der Waals surface area contributed by atoms with E-state index in [0.29, 0.717) is 17.8 Å². The second-order valence-electron chi connectivity index (χ2n) is 7.19. The summed E-state index contributed by atoms with van der Waals surface area (Å²) < 4.78 is 60.5. The van der Waals surface area contributed by atoms with Crippen LogP contribution in [0.15, 0.2) is 38.3 Å². The van der Waals surface area contributed by atoms with E-state index in [1.54, 1.807) is 24.3 Å². The van der Waals surface area contributed by atoms with Gasteiger partial charge in [-0.05, 0) is 52.7 Å². The van der Waals surface area contributed by atoms with Crippen LogP contribution < -0.4 is 20.3 Å². The minimum absolute atomic E-state index is 0.199. The Morgan fingerprint density at radius 1 is 1.20 bits per heavy atom. The standard InChI is InChI=1S/C18H23BrN4O3S2.C2HF3O2/c1-2-7-21-18(24)14-12-13(3-4-15(14)23-10-8-20-9-11-23)22-28(25,26)17-6-5-16(19)27-17;3-2(4,5)1(6)7/h3-6,12,20,22H,2,7-11H2,1H3,(H,21,24);(H,6,7). The maximum atomic E-state index is 12.7. The summed E-state index contributed by atoms with van der Waals surface area (Å²) in [5.74, 6) is -2.96. The van der Waals surface area contributed by atoms with Gasteiger partial charge in [-0.15, -0.1) is 11.3 Å². The highest BCUT2D eigenvalue weighted by molar-refractivity contribution is 9.11. The van der Waals surface area contributed by atoms with Gasteiger partial charge < -0.3 is 20.6 Å². The largest absolute Gasteiger partial charge is 0.490 e. The highest BCUT2D eigenvalue weighted by Gasteiger charge is 2.38. The number of hydrogen-bond acceptors (Lipinski definition) is 7. The van der Waals surface area contributed by atoms with Crippen molar-refractivity contribution >= 4 is 60.5 Å². The number of thiophene rings is 1. The number of amides is 1. The number of aliphatic carboxylic acids is 1. The van der Waals surface area contributed by atoms with Crippen LogP contribution in [0.2, 0.25) is 0 Å².